The summed E-state index contributed by atoms with van der Waals surface area (Å²) < 4.78 is 0. The van der Waals surface area contributed by atoms with Gasteiger partial charge in [-0.1, -0.05) is 18.2 Å². The summed E-state index contributed by atoms with van der Waals surface area (Å²) >= 11 is 0. The third kappa shape index (κ3) is 1.98. The lowest BCUT2D eigenvalue weighted by atomic mass is 10.0. The monoisotopic (exact) mass is 273 g/mol. The van der Waals surface area contributed by atoms with Gasteiger partial charge in [0.15, 0.2) is 6.17 Å². The van der Waals surface area contributed by atoms with Crippen molar-refractivity contribution < 1.29 is 14.4 Å². The highest BCUT2D eigenvalue weighted by molar-refractivity contribution is 6.40. The fourth-order valence-electron chi connectivity index (χ4n) is 2.76. The number of amides is 1. The summed E-state index contributed by atoms with van der Waals surface area (Å²) in [6.45, 7) is 1.44. The fraction of sp³-hybridized carbons (Fsp3) is 0.357. The van der Waals surface area contributed by atoms with Crippen molar-refractivity contribution in [3.8, 4) is 0 Å². The van der Waals surface area contributed by atoms with E-state index in [4.69, 9.17) is 0 Å². The molecule has 0 aromatic heterocycles. The van der Waals surface area contributed by atoms with E-state index in [9.17, 15) is 14.4 Å². The van der Waals surface area contributed by atoms with Crippen LogP contribution in [0.25, 0.3) is 0 Å². The number of nitrogens with one attached hydrogen (secondary N) is 1. The van der Waals surface area contributed by atoms with E-state index in [1.54, 1.807) is 4.90 Å². The number of carbonyl (C=O) groups is 3. The Hall–Kier alpha value is -2.21. The zero-order valence-electron chi connectivity index (χ0n) is 10.9. The standard InChI is InChI=1S/C14H15N3O3/c18-9-16-6-5-12(19)13(20)14(16)17-8-15-7-10-3-1-2-4-11(10)17/h1-4,9,14-15H,5-8H2. The van der Waals surface area contributed by atoms with Crippen molar-refractivity contribution in [2.45, 2.75) is 19.1 Å². The van der Waals surface area contributed by atoms with E-state index in [0.717, 1.165) is 11.3 Å². The van der Waals surface area contributed by atoms with Gasteiger partial charge in [-0.05, 0) is 11.6 Å². The maximum atomic E-state index is 12.2. The Bertz CT molecular complexity index is 573. The second-order valence-corrected chi connectivity index (χ2v) is 4.94. The van der Waals surface area contributed by atoms with Crippen LogP contribution in [-0.2, 0) is 20.9 Å². The maximum Gasteiger partial charge on any atom is 0.241 e. The molecule has 20 heavy (non-hydrogen) atoms. The lowest BCUT2D eigenvalue weighted by molar-refractivity contribution is -0.145. The van der Waals surface area contributed by atoms with Crippen molar-refractivity contribution in [3.05, 3.63) is 29.8 Å². The van der Waals surface area contributed by atoms with E-state index in [2.05, 4.69) is 5.32 Å². The summed E-state index contributed by atoms with van der Waals surface area (Å²) in [7, 11) is 0. The number of likely N-dealkylation sites (tertiary alicyclic amines) is 1. The van der Waals surface area contributed by atoms with Crippen LogP contribution < -0.4 is 10.2 Å². The third-order valence-corrected chi connectivity index (χ3v) is 3.75. The Morgan fingerprint density at radius 2 is 2.05 bits per heavy atom. The zero-order valence-corrected chi connectivity index (χ0v) is 10.9. The second-order valence-electron chi connectivity index (χ2n) is 4.94. The maximum absolute atomic E-state index is 12.2. The topological polar surface area (TPSA) is 69.7 Å². The van der Waals surface area contributed by atoms with Crippen LogP contribution in [0.3, 0.4) is 0 Å². The molecule has 1 amide bonds. The van der Waals surface area contributed by atoms with Crippen LogP contribution in [0.2, 0.25) is 0 Å². The molecular formula is C14H15N3O3. The van der Waals surface area contributed by atoms with E-state index in [-0.39, 0.29) is 13.0 Å². The van der Waals surface area contributed by atoms with Gasteiger partial charge in [-0.2, -0.15) is 0 Å². The van der Waals surface area contributed by atoms with Gasteiger partial charge in [0.1, 0.15) is 0 Å². The average Bonchev–Trinajstić information content (AvgIpc) is 2.49. The van der Waals surface area contributed by atoms with E-state index in [1.807, 2.05) is 24.3 Å². The predicted octanol–water partition coefficient (Wildman–Crippen LogP) is -0.120. The first-order valence-corrected chi connectivity index (χ1v) is 6.55. The van der Waals surface area contributed by atoms with Crippen molar-refractivity contribution in [1.29, 1.82) is 0 Å². The molecule has 1 aromatic rings. The van der Waals surface area contributed by atoms with Gasteiger partial charge in [-0.3, -0.25) is 19.7 Å². The van der Waals surface area contributed by atoms with Crippen LogP contribution in [0, 0.1) is 0 Å². The Labute approximate surface area is 116 Å². The lowest BCUT2D eigenvalue weighted by Gasteiger charge is -2.42. The van der Waals surface area contributed by atoms with Crippen LogP contribution in [-0.4, -0.2) is 42.3 Å². The smallest absolute Gasteiger partial charge is 0.241 e. The normalized spacial score (nSPS) is 22.7. The molecule has 2 aliphatic rings. The zero-order chi connectivity index (χ0) is 14.1. The quantitative estimate of drug-likeness (QED) is 0.601. The minimum Gasteiger partial charge on any atom is -0.331 e. The van der Waals surface area contributed by atoms with Crippen molar-refractivity contribution in [2.24, 2.45) is 0 Å². The lowest BCUT2D eigenvalue weighted by Crippen LogP contribution is -2.61. The molecule has 3 rings (SSSR count). The molecule has 1 fully saturated rings. The molecule has 6 nitrogen and oxygen atoms in total. The largest absolute Gasteiger partial charge is 0.331 e. The van der Waals surface area contributed by atoms with E-state index >= 15 is 0 Å². The first-order chi connectivity index (χ1) is 9.72. The third-order valence-electron chi connectivity index (χ3n) is 3.75. The molecule has 2 aliphatic heterocycles. The molecule has 1 atom stereocenters. The minimum absolute atomic E-state index is 0.108. The fourth-order valence-corrected chi connectivity index (χ4v) is 2.76. The van der Waals surface area contributed by atoms with Crippen LogP contribution in [0.1, 0.15) is 12.0 Å². The molecule has 1 N–H and O–H groups in total. The number of para-hydroxylation sites is 1. The molecule has 6 heteroatoms. The minimum atomic E-state index is -0.831. The number of anilines is 1. The van der Waals surface area contributed by atoms with Crippen molar-refractivity contribution in [1.82, 2.24) is 10.2 Å². The molecule has 1 aromatic carbocycles. The summed E-state index contributed by atoms with van der Waals surface area (Å²) in [6.07, 6.45) is -0.0776. The number of carbonyl (C=O) groups excluding carboxylic acids is 3. The number of benzene rings is 1. The first kappa shape index (κ1) is 12.8. The molecule has 0 spiro atoms. The number of hydrogen-bond donors (Lipinski definition) is 1. The SMILES string of the molecule is O=CN1CCC(=O)C(=O)C1N1CNCc2ccccc21. The van der Waals surface area contributed by atoms with E-state index in [0.29, 0.717) is 19.6 Å². The van der Waals surface area contributed by atoms with Gasteiger partial charge in [0.25, 0.3) is 0 Å². The molecule has 0 saturated carbocycles. The van der Waals surface area contributed by atoms with Crippen molar-refractivity contribution in [3.63, 3.8) is 0 Å². The Kier molecular flexibility index (Phi) is 3.23. The van der Waals surface area contributed by atoms with Crippen LogP contribution in [0.4, 0.5) is 5.69 Å². The average molecular weight is 273 g/mol. The second kappa shape index (κ2) is 5.05. The number of nitrogens with zero attached hydrogens (tertiary/aromatic N) is 2. The summed E-state index contributed by atoms with van der Waals surface area (Å²) in [6, 6.07) is 7.69. The van der Waals surface area contributed by atoms with Crippen LogP contribution >= 0.6 is 0 Å². The van der Waals surface area contributed by atoms with Gasteiger partial charge in [0.05, 0.1) is 6.67 Å². The Morgan fingerprint density at radius 1 is 1.25 bits per heavy atom. The van der Waals surface area contributed by atoms with Gasteiger partial charge >= 0.3 is 0 Å². The number of ketones is 2. The number of piperidine rings is 1. The Morgan fingerprint density at radius 3 is 2.85 bits per heavy atom. The van der Waals surface area contributed by atoms with Crippen molar-refractivity contribution >= 4 is 23.7 Å². The van der Waals surface area contributed by atoms with Gasteiger partial charge in [0, 0.05) is 25.2 Å². The highest BCUT2D eigenvalue weighted by atomic mass is 16.2. The molecule has 0 bridgehead atoms. The van der Waals surface area contributed by atoms with Gasteiger partial charge in [-0.15, -0.1) is 0 Å². The molecule has 1 unspecified atom stereocenters. The van der Waals surface area contributed by atoms with Crippen LogP contribution in [0.15, 0.2) is 24.3 Å². The first-order valence-electron chi connectivity index (χ1n) is 6.55. The molecular weight excluding hydrogens is 258 g/mol. The number of Topliss-reactive ketones (excluding diaryl/α,β-unsaturated/α-hetero) is 2. The van der Waals surface area contributed by atoms with E-state index < -0.39 is 17.7 Å². The molecule has 1 saturated heterocycles. The summed E-state index contributed by atoms with van der Waals surface area (Å²) in [5.74, 6) is -0.919. The number of fused-ring (bicyclic) bond motifs is 1. The van der Waals surface area contributed by atoms with Gasteiger partial charge < -0.3 is 9.80 Å². The summed E-state index contributed by atoms with van der Waals surface area (Å²) in [5, 5.41) is 3.19. The predicted molar refractivity (Wildman–Crippen MR) is 71.8 cm³/mol. The molecule has 104 valence electrons. The van der Waals surface area contributed by atoms with Crippen molar-refractivity contribution in [2.75, 3.05) is 18.1 Å². The highest BCUT2D eigenvalue weighted by Gasteiger charge is 2.40. The number of rotatable bonds is 2. The van der Waals surface area contributed by atoms with E-state index in [1.165, 1.54) is 4.90 Å². The summed E-state index contributed by atoms with van der Waals surface area (Å²) in [5.41, 5.74) is 1.95. The van der Waals surface area contributed by atoms with Crippen LogP contribution in [0.5, 0.6) is 0 Å². The highest BCUT2D eigenvalue weighted by Crippen LogP contribution is 2.27. The summed E-state index contributed by atoms with van der Waals surface area (Å²) in [4.78, 5) is 38.2. The molecule has 0 aliphatic carbocycles. The van der Waals surface area contributed by atoms with Gasteiger partial charge in [-0.25, -0.2) is 0 Å². The molecule has 2 heterocycles. The molecule has 0 radical (unpaired) electrons. The number of hydrogen-bond acceptors (Lipinski definition) is 5. The van der Waals surface area contributed by atoms with Gasteiger partial charge in [0.2, 0.25) is 18.0 Å². The Balaban J connectivity index is 2.00.